The summed E-state index contributed by atoms with van der Waals surface area (Å²) in [6.45, 7) is 3.77. The van der Waals surface area contributed by atoms with Gasteiger partial charge in [0.25, 0.3) is 5.91 Å². The molecule has 0 radical (unpaired) electrons. The van der Waals surface area contributed by atoms with E-state index in [1.54, 1.807) is 48.5 Å². The van der Waals surface area contributed by atoms with Crippen molar-refractivity contribution >= 4 is 17.6 Å². The molecule has 0 heterocycles. The Morgan fingerprint density at radius 2 is 1.50 bits per heavy atom. The number of hydrogen-bond acceptors (Lipinski definition) is 5. The van der Waals surface area contributed by atoms with Crippen molar-refractivity contribution in [3.63, 3.8) is 0 Å². The highest BCUT2D eigenvalue weighted by molar-refractivity contribution is 5.98. The van der Waals surface area contributed by atoms with Crippen LogP contribution in [0, 0.1) is 0 Å². The van der Waals surface area contributed by atoms with Gasteiger partial charge in [-0.2, -0.15) is 0 Å². The summed E-state index contributed by atoms with van der Waals surface area (Å²) in [6.07, 6.45) is -0.979. The number of esters is 1. The first kappa shape index (κ1) is 20.9. The smallest absolute Gasteiger partial charge is 0.342 e. The van der Waals surface area contributed by atoms with E-state index in [2.05, 4.69) is 5.32 Å². The predicted octanol–water partition coefficient (Wildman–Crippen LogP) is 5.06. The summed E-state index contributed by atoms with van der Waals surface area (Å²) in [5, 5.41) is 2.73. The summed E-state index contributed by atoms with van der Waals surface area (Å²) in [4.78, 5) is 24.8. The number of nitrogens with one attached hydrogen (secondary N) is 1. The molecule has 0 aliphatic carbocycles. The third kappa shape index (κ3) is 5.61. The molecule has 0 aliphatic rings. The first-order chi connectivity index (χ1) is 14.6. The molecule has 3 aromatic rings. The maximum Gasteiger partial charge on any atom is 0.342 e. The van der Waals surface area contributed by atoms with Gasteiger partial charge in [0.05, 0.1) is 6.61 Å². The highest BCUT2D eigenvalue weighted by Crippen LogP contribution is 2.23. The van der Waals surface area contributed by atoms with E-state index in [-0.39, 0.29) is 5.56 Å². The zero-order chi connectivity index (χ0) is 21.3. The number of ether oxygens (including phenoxy) is 3. The van der Waals surface area contributed by atoms with Gasteiger partial charge < -0.3 is 19.5 Å². The van der Waals surface area contributed by atoms with Gasteiger partial charge in [-0.05, 0) is 62.4 Å². The summed E-state index contributed by atoms with van der Waals surface area (Å²) < 4.78 is 16.5. The fraction of sp³-hybridized carbons (Fsp3) is 0.167. The second kappa shape index (κ2) is 10.1. The molecule has 0 fully saturated rings. The van der Waals surface area contributed by atoms with Gasteiger partial charge in [0.15, 0.2) is 6.10 Å². The van der Waals surface area contributed by atoms with Gasteiger partial charge in [-0.15, -0.1) is 0 Å². The lowest BCUT2D eigenvalue weighted by atomic mass is 10.2. The maximum atomic E-state index is 12.4. The van der Waals surface area contributed by atoms with Crippen LogP contribution >= 0.6 is 0 Å². The largest absolute Gasteiger partial charge is 0.493 e. The zero-order valence-corrected chi connectivity index (χ0v) is 16.8. The van der Waals surface area contributed by atoms with Crippen LogP contribution in [0.5, 0.6) is 17.2 Å². The highest BCUT2D eigenvalue weighted by Gasteiger charge is 2.21. The molecule has 0 bridgehead atoms. The second-order valence-corrected chi connectivity index (χ2v) is 6.41. The third-order valence-corrected chi connectivity index (χ3v) is 4.16. The molecule has 1 N–H and O–H groups in total. The Morgan fingerprint density at radius 1 is 0.867 bits per heavy atom. The molecule has 6 nitrogen and oxygen atoms in total. The molecule has 1 amide bonds. The minimum absolute atomic E-state index is 0.279. The van der Waals surface area contributed by atoms with E-state index in [0.717, 1.165) is 5.75 Å². The summed E-state index contributed by atoms with van der Waals surface area (Å²) in [6, 6.07) is 23.1. The Bertz CT molecular complexity index is 986. The lowest BCUT2D eigenvalue weighted by molar-refractivity contribution is -0.123. The van der Waals surface area contributed by atoms with Crippen LogP contribution in [-0.2, 0) is 9.53 Å². The van der Waals surface area contributed by atoms with Crippen molar-refractivity contribution in [3.8, 4) is 17.2 Å². The Kier molecular flexibility index (Phi) is 7.05. The summed E-state index contributed by atoms with van der Waals surface area (Å²) in [5.74, 6) is 0.738. The highest BCUT2D eigenvalue weighted by atomic mass is 16.5. The number of anilines is 1. The molecule has 30 heavy (non-hydrogen) atoms. The van der Waals surface area contributed by atoms with E-state index in [1.807, 2.05) is 37.3 Å². The van der Waals surface area contributed by atoms with Crippen molar-refractivity contribution in [2.45, 2.75) is 20.0 Å². The van der Waals surface area contributed by atoms with Crippen molar-refractivity contribution in [1.82, 2.24) is 0 Å². The Balaban J connectivity index is 1.57. The lowest BCUT2D eigenvalue weighted by Crippen LogP contribution is -2.30. The molecule has 1 unspecified atom stereocenters. The number of benzene rings is 3. The topological polar surface area (TPSA) is 73.9 Å². The first-order valence-corrected chi connectivity index (χ1v) is 9.63. The van der Waals surface area contributed by atoms with E-state index in [4.69, 9.17) is 14.2 Å². The number of carbonyl (C=O) groups excluding carboxylic acids is 2. The van der Waals surface area contributed by atoms with Gasteiger partial charge in [0, 0.05) is 5.69 Å². The molecular weight excluding hydrogens is 382 g/mol. The minimum Gasteiger partial charge on any atom is -0.493 e. The van der Waals surface area contributed by atoms with Gasteiger partial charge in [-0.25, -0.2) is 4.79 Å². The minimum atomic E-state index is -0.979. The molecule has 3 aromatic carbocycles. The van der Waals surface area contributed by atoms with Crippen LogP contribution in [-0.4, -0.2) is 24.6 Å². The van der Waals surface area contributed by atoms with Gasteiger partial charge in [-0.3, -0.25) is 4.79 Å². The van der Waals surface area contributed by atoms with Crippen LogP contribution in [0.2, 0.25) is 0 Å². The fourth-order valence-corrected chi connectivity index (χ4v) is 2.67. The second-order valence-electron chi connectivity index (χ2n) is 6.41. The van der Waals surface area contributed by atoms with Crippen molar-refractivity contribution in [2.24, 2.45) is 0 Å². The van der Waals surface area contributed by atoms with Crippen LogP contribution in [0.4, 0.5) is 5.69 Å². The number of amides is 1. The summed E-state index contributed by atoms with van der Waals surface area (Å²) >= 11 is 0. The Morgan fingerprint density at radius 3 is 2.20 bits per heavy atom. The molecular formula is C24H23NO5. The maximum absolute atomic E-state index is 12.4. The van der Waals surface area contributed by atoms with E-state index < -0.39 is 18.0 Å². The molecule has 0 aromatic heterocycles. The van der Waals surface area contributed by atoms with E-state index in [9.17, 15) is 9.59 Å². The Labute approximate surface area is 175 Å². The standard InChI is InChI=1S/C24H23NO5/c1-3-28-22-12-8-7-11-21(22)24(27)29-17(2)23(26)25-18-13-15-20(16-14-18)30-19-9-5-4-6-10-19/h4-17H,3H2,1-2H3,(H,25,26). The molecule has 0 saturated heterocycles. The van der Waals surface area contributed by atoms with Crippen molar-refractivity contribution < 1.29 is 23.8 Å². The average molecular weight is 405 g/mol. The number of rotatable bonds is 8. The molecule has 3 rings (SSSR count). The molecule has 0 aliphatic heterocycles. The van der Waals surface area contributed by atoms with Gasteiger partial charge in [0.2, 0.25) is 0 Å². The van der Waals surface area contributed by atoms with Crippen molar-refractivity contribution in [2.75, 3.05) is 11.9 Å². The van der Waals surface area contributed by atoms with E-state index in [1.165, 1.54) is 6.92 Å². The van der Waals surface area contributed by atoms with Crippen LogP contribution in [0.25, 0.3) is 0 Å². The van der Waals surface area contributed by atoms with E-state index in [0.29, 0.717) is 23.8 Å². The van der Waals surface area contributed by atoms with Crippen LogP contribution < -0.4 is 14.8 Å². The van der Waals surface area contributed by atoms with E-state index >= 15 is 0 Å². The first-order valence-electron chi connectivity index (χ1n) is 9.63. The lowest BCUT2D eigenvalue weighted by Gasteiger charge is -2.15. The monoisotopic (exact) mass is 405 g/mol. The number of hydrogen-bond donors (Lipinski definition) is 1. The van der Waals surface area contributed by atoms with Crippen molar-refractivity contribution in [3.05, 3.63) is 84.4 Å². The predicted molar refractivity (Wildman–Crippen MR) is 114 cm³/mol. The summed E-state index contributed by atoms with van der Waals surface area (Å²) in [7, 11) is 0. The molecule has 0 spiro atoms. The fourth-order valence-electron chi connectivity index (χ4n) is 2.67. The Hall–Kier alpha value is -3.80. The number of carbonyl (C=O) groups is 2. The van der Waals surface area contributed by atoms with Gasteiger partial charge in [-0.1, -0.05) is 30.3 Å². The van der Waals surface area contributed by atoms with Crippen LogP contribution in [0.3, 0.4) is 0 Å². The third-order valence-electron chi connectivity index (χ3n) is 4.16. The quantitative estimate of drug-likeness (QED) is 0.530. The molecule has 154 valence electrons. The normalized spacial score (nSPS) is 11.3. The van der Waals surface area contributed by atoms with Gasteiger partial charge >= 0.3 is 5.97 Å². The summed E-state index contributed by atoms with van der Waals surface area (Å²) in [5.41, 5.74) is 0.847. The van der Waals surface area contributed by atoms with Crippen LogP contribution in [0.15, 0.2) is 78.9 Å². The molecule has 0 saturated carbocycles. The molecule has 1 atom stereocenters. The number of para-hydroxylation sites is 2. The van der Waals surface area contributed by atoms with Crippen molar-refractivity contribution in [1.29, 1.82) is 0 Å². The van der Waals surface area contributed by atoms with Gasteiger partial charge in [0.1, 0.15) is 22.8 Å². The van der Waals surface area contributed by atoms with Crippen LogP contribution in [0.1, 0.15) is 24.2 Å². The SMILES string of the molecule is CCOc1ccccc1C(=O)OC(C)C(=O)Nc1ccc(Oc2ccccc2)cc1. The molecule has 6 heteroatoms. The zero-order valence-electron chi connectivity index (χ0n) is 16.8. The average Bonchev–Trinajstić information content (AvgIpc) is 2.76.